The van der Waals surface area contributed by atoms with Crippen molar-refractivity contribution >= 4 is 20.9 Å². The van der Waals surface area contributed by atoms with Gasteiger partial charge < -0.3 is 9.64 Å². The lowest BCUT2D eigenvalue weighted by Gasteiger charge is -2.24. The number of likely N-dealkylation sites (N-methyl/N-ethyl adjacent to an activating group) is 1. The number of fused-ring (bicyclic) bond motifs is 3. The van der Waals surface area contributed by atoms with Crippen molar-refractivity contribution in [2.45, 2.75) is 31.4 Å². The van der Waals surface area contributed by atoms with Gasteiger partial charge in [0, 0.05) is 30.7 Å². The Balaban J connectivity index is 1.44. The molecule has 0 saturated heterocycles. The van der Waals surface area contributed by atoms with E-state index in [9.17, 15) is 13.2 Å². The van der Waals surface area contributed by atoms with Crippen LogP contribution in [-0.2, 0) is 29.6 Å². The van der Waals surface area contributed by atoms with Crippen LogP contribution in [0.1, 0.15) is 22.4 Å². The summed E-state index contributed by atoms with van der Waals surface area (Å²) >= 11 is 0. The summed E-state index contributed by atoms with van der Waals surface area (Å²) in [5.41, 5.74) is 4.72. The predicted octanol–water partition coefficient (Wildman–Crippen LogP) is 4.90. The second-order valence-electron chi connectivity index (χ2n) is 10.0. The molecule has 5 aromatic rings. The molecule has 0 bridgehead atoms. The minimum atomic E-state index is -3.87. The number of nitrogens with zero attached hydrogens (tertiary/aromatic N) is 3. The van der Waals surface area contributed by atoms with Gasteiger partial charge in [-0.15, -0.1) is 0 Å². The lowest BCUT2D eigenvalue weighted by molar-refractivity contribution is 0.305. The summed E-state index contributed by atoms with van der Waals surface area (Å²) in [6, 6.07) is 25.5. The van der Waals surface area contributed by atoms with Gasteiger partial charge in [-0.2, -0.15) is 0 Å². The first-order valence-electron chi connectivity index (χ1n) is 12.9. The van der Waals surface area contributed by atoms with E-state index in [0.29, 0.717) is 30.1 Å². The van der Waals surface area contributed by atoms with Crippen LogP contribution < -0.4 is 10.3 Å². The molecule has 0 atom stereocenters. The van der Waals surface area contributed by atoms with E-state index in [2.05, 4.69) is 4.90 Å². The van der Waals surface area contributed by atoms with Gasteiger partial charge in [0.15, 0.2) is 0 Å². The highest BCUT2D eigenvalue weighted by atomic mass is 32.2. The van der Waals surface area contributed by atoms with Crippen molar-refractivity contribution in [2.24, 2.45) is 0 Å². The number of pyridine rings is 1. The Morgan fingerprint density at radius 1 is 0.923 bits per heavy atom. The van der Waals surface area contributed by atoms with E-state index >= 15 is 0 Å². The third-order valence-electron chi connectivity index (χ3n) is 7.26. The largest absolute Gasteiger partial charge is 0.489 e. The lowest BCUT2D eigenvalue weighted by Crippen LogP contribution is -2.29. The van der Waals surface area contributed by atoms with Gasteiger partial charge in [0.25, 0.3) is 15.6 Å². The molecule has 0 N–H and O–H groups in total. The zero-order valence-electron chi connectivity index (χ0n) is 21.9. The van der Waals surface area contributed by atoms with Gasteiger partial charge in [-0.05, 0) is 61.9 Å². The lowest BCUT2D eigenvalue weighted by atomic mass is 10.0. The smallest absolute Gasteiger partial charge is 0.268 e. The van der Waals surface area contributed by atoms with Crippen LogP contribution in [0.15, 0.2) is 101 Å². The summed E-state index contributed by atoms with van der Waals surface area (Å²) in [5, 5.41) is 0.897. The van der Waals surface area contributed by atoms with E-state index in [4.69, 9.17) is 4.74 Å². The highest BCUT2D eigenvalue weighted by Gasteiger charge is 2.29. The van der Waals surface area contributed by atoms with Gasteiger partial charge in [0.05, 0.1) is 21.8 Å². The van der Waals surface area contributed by atoms with Crippen LogP contribution in [0.25, 0.3) is 16.6 Å². The highest BCUT2D eigenvalue weighted by molar-refractivity contribution is 7.90. The molecular formula is C31H29N3O4S. The number of aryl methyl sites for hydroxylation is 1. The third-order valence-corrected chi connectivity index (χ3v) is 9.02. The molecule has 0 spiro atoms. The second-order valence-corrected chi connectivity index (χ2v) is 11.8. The van der Waals surface area contributed by atoms with Crippen LogP contribution in [0.5, 0.6) is 5.75 Å². The minimum Gasteiger partial charge on any atom is -0.489 e. The molecule has 198 valence electrons. The molecule has 2 aromatic heterocycles. The fourth-order valence-corrected chi connectivity index (χ4v) is 6.75. The van der Waals surface area contributed by atoms with Crippen molar-refractivity contribution in [3.8, 4) is 11.4 Å². The zero-order valence-corrected chi connectivity index (χ0v) is 22.7. The van der Waals surface area contributed by atoms with Crippen LogP contribution in [0.3, 0.4) is 0 Å². The van der Waals surface area contributed by atoms with Crippen molar-refractivity contribution in [1.29, 1.82) is 0 Å². The molecule has 0 fully saturated rings. The molecule has 8 heteroatoms. The SMILES string of the molecule is Cc1ccc(S(=O)(=O)n2c3c(c4ccc(-n5ccc(OCc6ccccc6)cc5=O)cc42)CCN(C)C3)cc1. The Morgan fingerprint density at radius 3 is 2.44 bits per heavy atom. The van der Waals surface area contributed by atoms with Crippen molar-refractivity contribution in [3.05, 3.63) is 124 Å². The Morgan fingerprint density at radius 2 is 1.69 bits per heavy atom. The van der Waals surface area contributed by atoms with Crippen LogP contribution in [0, 0.1) is 6.92 Å². The molecule has 0 saturated carbocycles. The van der Waals surface area contributed by atoms with Crippen LogP contribution in [0.2, 0.25) is 0 Å². The van der Waals surface area contributed by atoms with Crippen molar-refractivity contribution < 1.29 is 13.2 Å². The molecule has 3 aromatic carbocycles. The molecule has 39 heavy (non-hydrogen) atoms. The summed E-state index contributed by atoms with van der Waals surface area (Å²) in [5.74, 6) is 0.477. The Bertz CT molecular complexity index is 1840. The van der Waals surface area contributed by atoms with E-state index in [-0.39, 0.29) is 10.5 Å². The fraction of sp³-hybridized carbons (Fsp3) is 0.194. The normalized spacial score (nSPS) is 13.9. The monoisotopic (exact) mass is 539 g/mol. The molecule has 7 nitrogen and oxygen atoms in total. The molecule has 1 aliphatic heterocycles. The number of hydrogen-bond acceptors (Lipinski definition) is 5. The van der Waals surface area contributed by atoms with Crippen molar-refractivity contribution in [1.82, 2.24) is 13.4 Å². The van der Waals surface area contributed by atoms with E-state index in [0.717, 1.165) is 40.7 Å². The van der Waals surface area contributed by atoms with Crippen LogP contribution in [-0.4, -0.2) is 35.4 Å². The van der Waals surface area contributed by atoms with E-state index in [1.807, 2.05) is 68.6 Å². The summed E-state index contributed by atoms with van der Waals surface area (Å²) in [6.45, 7) is 3.67. The molecule has 0 amide bonds. The van der Waals surface area contributed by atoms with Gasteiger partial charge in [-0.3, -0.25) is 9.36 Å². The molecule has 0 radical (unpaired) electrons. The number of hydrogen-bond donors (Lipinski definition) is 0. The maximum Gasteiger partial charge on any atom is 0.268 e. The van der Waals surface area contributed by atoms with Gasteiger partial charge in [-0.1, -0.05) is 54.1 Å². The van der Waals surface area contributed by atoms with Gasteiger partial charge in [0.1, 0.15) is 12.4 Å². The summed E-state index contributed by atoms with van der Waals surface area (Å²) < 4.78 is 36.8. The van der Waals surface area contributed by atoms with Crippen molar-refractivity contribution in [2.75, 3.05) is 13.6 Å². The van der Waals surface area contributed by atoms with Crippen LogP contribution >= 0.6 is 0 Å². The first kappa shape index (κ1) is 25.2. The third kappa shape index (κ3) is 4.66. The first-order valence-corrected chi connectivity index (χ1v) is 14.3. The summed E-state index contributed by atoms with van der Waals surface area (Å²) in [6.07, 6.45) is 2.42. The molecule has 3 heterocycles. The number of aromatic nitrogens is 2. The topological polar surface area (TPSA) is 73.5 Å². The average Bonchev–Trinajstić information content (AvgIpc) is 3.26. The predicted molar refractivity (Wildman–Crippen MR) is 152 cm³/mol. The average molecular weight is 540 g/mol. The molecule has 0 aliphatic carbocycles. The van der Waals surface area contributed by atoms with E-state index in [1.54, 1.807) is 30.5 Å². The minimum absolute atomic E-state index is 0.239. The van der Waals surface area contributed by atoms with Crippen molar-refractivity contribution in [3.63, 3.8) is 0 Å². The fourth-order valence-electron chi connectivity index (χ4n) is 5.19. The highest BCUT2D eigenvalue weighted by Crippen LogP contribution is 2.35. The zero-order chi connectivity index (χ0) is 27.1. The summed E-state index contributed by atoms with van der Waals surface area (Å²) in [4.78, 5) is 15.5. The van der Waals surface area contributed by atoms with Crippen LogP contribution in [0.4, 0.5) is 0 Å². The van der Waals surface area contributed by atoms with E-state index in [1.165, 1.54) is 14.6 Å². The molecular weight excluding hydrogens is 510 g/mol. The van der Waals surface area contributed by atoms with Gasteiger partial charge >= 0.3 is 0 Å². The Hall–Kier alpha value is -4.14. The van der Waals surface area contributed by atoms with Gasteiger partial charge in [-0.25, -0.2) is 12.4 Å². The second kappa shape index (κ2) is 9.87. The summed E-state index contributed by atoms with van der Waals surface area (Å²) in [7, 11) is -1.87. The Kier molecular flexibility index (Phi) is 6.37. The molecule has 1 aliphatic rings. The first-order chi connectivity index (χ1) is 18.8. The standard InChI is InChI=1S/C31H29N3O4S/c1-22-8-11-26(12-9-22)39(36,37)34-29-18-24(10-13-27(29)28-15-16-32(2)20-30(28)34)33-17-14-25(19-31(33)35)38-21-23-6-4-3-5-7-23/h3-14,17-19H,15-16,20-21H2,1-2H3. The molecule has 6 rings (SSSR count). The number of rotatable bonds is 6. The Labute approximate surface area is 227 Å². The number of ether oxygens (including phenoxy) is 1. The maximum absolute atomic E-state index is 14.0. The molecule has 0 unspecified atom stereocenters. The number of benzene rings is 3. The van der Waals surface area contributed by atoms with E-state index < -0.39 is 10.0 Å². The van der Waals surface area contributed by atoms with Gasteiger partial charge in [0.2, 0.25) is 0 Å². The maximum atomic E-state index is 14.0. The quantitative estimate of drug-likeness (QED) is 0.307.